The van der Waals surface area contributed by atoms with Crippen molar-refractivity contribution in [2.45, 2.75) is 6.61 Å². The minimum atomic E-state index is -0.431. The molecule has 0 unspecified atom stereocenters. The molecule has 0 aliphatic heterocycles. The molecule has 1 aromatic carbocycles. The van der Waals surface area contributed by atoms with E-state index < -0.39 is 6.03 Å². The molecule has 0 bridgehead atoms. The van der Waals surface area contributed by atoms with Crippen LogP contribution in [0.4, 0.5) is 4.79 Å². The molecule has 0 saturated carbocycles. The number of urea groups is 1. The van der Waals surface area contributed by atoms with E-state index in [0.29, 0.717) is 36.4 Å². The zero-order valence-electron chi connectivity index (χ0n) is 11.7. The van der Waals surface area contributed by atoms with Gasteiger partial charge >= 0.3 is 6.03 Å². The summed E-state index contributed by atoms with van der Waals surface area (Å²) in [4.78, 5) is 16.1. The summed E-state index contributed by atoms with van der Waals surface area (Å²) in [6, 6.07) is 4.77. The van der Waals surface area contributed by atoms with E-state index in [1.165, 1.54) is 0 Å². The van der Waals surface area contributed by atoms with Crippen molar-refractivity contribution >= 4 is 29.2 Å². The van der Waals surface area contributed by atoms with Crippen molar-refractivity contribution in [2.75, 3.05) is 33.5 Å². The van der Waals surface area contributed by atoms with E-state index in [-0.39, 0.29) is 6.61 Å². The number of methoxy groups -OCH3 is 1. The quantitative estimate of drug-likeness (QED) is 0.536. The van der Waals surface area contributed by atoms with Crippen LogP contribution in [0.1, 0.15) is 5.56 Å². The molecule has 0 heterocycles. The fraction of sp³-hybridized carbons (Fsp3) is 0.462. The molecule has 2 N–H and O–H groups in total. The molecule has 21 heavy (non-hydrogen) atoms. The highest BCUT2D eigenvalue weighted by Gasteiger charge is 2.02. The summed E-state index contributed by atoms with van der Waals surface area (Å²) in [5, 5.41) is 3.71. The molecule has 2 amide bonds. The van der Waals surface area contributed by atoms with E-state index in [1.54, 1.807) is 25.3 Å². The number of benzene rings is 1. The third-order valence-electron chi connectivity index (χ3n) is 2.36. The van der Waals surface area contributed by atoms with Gasteiger partial charge in [0.05, 0.1) is 26.4 Å². The number of carbonyl (C=O) groups excluding carboxylic acids is 1. The zero-order chi connectivity index (χ0) is 15.5. The summed E-state index contributed by atoms with van der Waals surface area (Å²) < 4.78 is 10.2. The minimum absolute atomic E-state index is 0.287. The third kappa shape index (κ3) is 8.08. The molecule has 0 atom stereocenters. The maximum absolute atomic E-state index is 11.3. The van der Waals surface area contributed by atoms with Crippen molar-refractivity contribution in [3.63, 3.8) is 0 Å². The zero-order valence-corrected chi connectivity index (χ0v) is 13.2. The van der Waals surface area contributed by atoms with Crippen LogP contribution in [0.25, 0.3) is 0 Å². The number of rotatable bonds is 9. The molecule has 118 valence electrons. The van der Waals surface area contributed by atoms with Gasteiger partial charge in [-0.1, -0.05) is 29.3 Å². The van der Waals surface area contributed by atoms with Gasteiger partial charge in [-0.05, 0) is 17.7 Å². The monoisotopic (exact) mass is 336 g/mol. The maximum atomic E-state index is 11.3. The van der Waals surface area contributed by atoms with Gasteiger partial charge in [0.25, 0.3) is 0 Å². The standard InChI is InChI=1S/C13H18Cl2N2O4/c1-19-6-7-21-17-13(18)16-4-5-20-9-10-2-3-11(14)8-12(10)15/h2-3,8H,4-7,9H2,1H3,(H2,16,17,18). The van der Waals surface area contributed by atoms with E-state index in [4.69, 9.17) is 37.5 Å². The number of amides is 2. The molecule has 0 aromatic heterocycles. The van der Waals surface area contributed by atoms with Crippen LogP contribution < -0.4 is 10.8 Å². The molecule has 6 nitrogen and oxygen atoms in total. The van der Waals surface area contributed by atoms with Gasteiger partial charge in [0.15, 0.2) is 0 Å². The summed E-state index contributed by atoms with van der Waals surface area (Å²) in [5.41, 5.74) is 3.06. The van der Waals surface area contributed by atoms with Gasteiger partial charge in [0, 0.05) is 23.7 Å². The smallest absolute Gasteiger partial charge is 0.338 e. The predicted octanol–water partition coefficient (Wildman–Crippen LogP) is 2.39. The fourth-order valence-electron chi connectivity index (χ4n) is 1.34. The Kier molecular flexibility index (Phi) is 9.12. The van der Waals surface area contributed by atoms with Crippen LogP contribution in [0.5, 0.6) is 0 Å². The molecule has 0 saturated heterocycles. The molecule has 0 radical (unpaired) electrons. The van der Waals surface area contributed by atoms with Crippen molar-refractivity contribution in [1.82, 2.24) is 10.8 Å². The van der Waals surface area contributed by atoms with Gasteiger partial charge in [0.2, 0.25) is 0 Å². The van der Waals surface area contributed by atoms with Crippen LogP contribution in [0.3, 0.4) is 0 Å². The lowest BCUT2D eigenvalue weighted by Gasteiger charge is -2.09. The maximum Gasteiger partial charge on any atom is 0.338 e. The summed E-state index contributed by atoms with van der Waals surface area (Å²) in [6.45, 7) is 1.75. The second kappa shape index (κ2) is 10.6. The normalized spacial score (nSPS) is 10.4. The van der Waals surface area contributed by atoms with Gasteiger partial charge in [-0.2, -0.15) is 0 Å². The van der Waals surface area contributed by atoms with Crippen LogP contribution >= 0.6 is 23.2 Å². The Balaban J connectivity index is 2.07. The second-order valence-electron chi connectivity index (χ2n) is 3.99. The van der Waals surface area contributed by atoms with Crippen molar-refractivity contribution in [3.05, 3.63) is 33.8 Å². The average molecular weight is 337 g/mol. The molecule has 0 aliphatic rings. The number of hydrogen-bond acceptors (Lipinski definition) is 4. The Hall–Kier alpha value is -1.05. The number of hydrogen-bond donors (Lipinski definition) is 2. The third-order valence-corrected chi connectivity index (χ3v) is 2.95. The molecule has 1 rings (SSSR count). The number of hydroxylamine groups is 1. The molecular formula is C13H18Cl2N2O4. The lowest BCUT2D eigenvalue weighted by atomic mass is 10.2. The molecule has 0 spiro atoms. The molecule has 0 fully saturated rings. The first kappa shape index (κ1) is 18.0. The molecule has 0 aliphatic carbocycles. The largest absolute Gasteiger partial charge is 0.382 e. The minimum Gasteiger partial charge on any atom is -0.382 e. The van der Waals surface area contributed by atoms with Crippen LogP contribution in [0, 0.1) is 0 Å². The molecule has 8 heteroatoms. The lowest BCUT2D eigenvalue weighted by Crippen LogP contribution is -2.37. The van der Waals surface area contributed by atoms with Crippen molar-refractivity contribution in [1.29, 1.82) is 0 Å². The summed E-state index contributed by atoms with van der Waals surface area (Å²) in [5.74, 6) is 0. The van der Waals surface area contributed by atoms with Crippen LogP contribution in [-0.4, -0.2) is 39.5 Å². The summed E-state index contributed by atoms with van der Waals surface area (Å²) in [6.07, 6.45) is 0. The van der Waals surface area contributed by atoms with E-state index in [9.17, 15) is 4.79 Å². The first-order valence-electron chi connectivity index (χ1n) is 6.29. The Labute approximate surface area is 133 Å². The lowest BCUT2D eigenvalue weighted by molar-refractivity contribution is 0.0236. The Morgan fingerprint density at radius 3 is 2.76 bits per heavy atom. The van der Waals surface area contributed by atoms with E-state index in [1.807, 2.05) is 0 Å². The Morgan fingerprint density at radius 2 is 2.05 bits per heavy atom. The van der Waals surface area contributed by atoms with Gasteiger partial charge in [0.1, 0.15) is 0 Å². The predicted molar refractivity (Wildman–Crippen MR) is 80.5 cm³/mol. The van der Waals surface area contributed by atoms with Crippen LogP contribution in [0.2, 0.25) is 10.0 Å². The highest BCUT2D eigenvalue weighted by atomic mass is 35.5. The highest BCUT2D eigenvalue weighted by Crippen LogP contribution is 2.21. The number of halogens is 2. The second-order valence-corrected chi connectivity index (χ2v) is 4.83. The van der Waals surface area contributed by atoms with Crippen molar-refractivity contribution in [2.24, 2.45) is 0 Å². The molecule has 1 aromatic rings. The highest BCUT2D eigenvalue weighted by molar-refractivity contribution is 6.35. The van der Waals surface area contributed by atoms with E-state index in [2.05, 4.69) is 10.8 Å². The number of ether oxygens (including phenoxy) is 2. The molecular weight excluding hydrogens is 319 g/mol. The average Bonchev–Trinajstić information content (AvgIpc) is 2.45. The van der Waals surface area contributed by atoms with Crippen LogP contribution in [0.15, 0.2) is 18.2 Å². The Morgan fingerprint density at radius 1 is 1.24 bits per heavy atom. The topological polar surface area (TPSA) is 68.8 Å². The van der Waals surface area contributed by atoms with Crippen molar-refractivity contribution < 1.29 is 19.1 Å². The van der Waals surface area contributed by atoms with Gasteiger partial charge in [-0.25, -0.2) is 10.3 Å². The van der Waals surface area contributed by atoms with Gasteiger partial charge < -0.3 is 14.8 Å². The SMILES string of the molecule is COCCONC(=O)NCCOCc1ccc(Cl)cc1Cl. The summed E-state index contributed by atoms with van der Waals surface area (Å²) >= 11 is 11.8. The van der Waals surface area contributed by atoms with E-state index >= 15 is 0 Å². The first-order valence-corrected chi connectivity index (χ1v) is 7.05. The first-order chi connectivity index (χ1) is 10.1. The van der Waals surface area contributed by atoms with Gasteiger partial charge in [-0.15, -0.1) is 0 Å². The summed E-state index contributed by atoms with van der Waals surface area (Å²) in [7, 11) is 1.55. The van der Waals surface area contributed by atoms with Crippen molar-refractivity contribution in [3.8, 4) is 0 Å². The Bertz CT molecular complexity index is 446. The number of nitrogens with one attached hydrogen (secondary N) is 2. The number of carbonyl (C=O) groups is 1. The van der Waals surface area contributed by atoms with Crippen LogP contribution in [-0.2, 0) is 20.9 Å². The van der Waals surface area contributed by atoms with Gasteiger partial charge in [-0.3, -0.25) is 4.84 Å². The van der Waals surface area contributed by atoms with E-state index in [0.717, 1.165) is 5.56 Å². The fourth-order valence-corrected chi connectivity index (χ4v) is 1.80.